The molecular weight excluding hydrogens is 142 g/mol. The van der Waals surface area contributed by atoms with Gasteiger partial charge in [-0.15, -0.1) is 0 Å². The fourth-order valence-corrected chi connectivity index (χ4v) is 0.761. The highest BCUT2D eigenvalue weighted by Crippen LogP contribution is 2.18. The average molecular weight is 153 g/mol. The fraction of sp³-hybridized carbons (Fsp3) is 0.167. The van der Waals surface area contributed by atoms with Crippen molar-refractivity contribution in [1.29, 1.82) is 0 Å². The minimum Gasteiger partial charge on any atom is -0.395 e. The van der Waals surface area contributed by atoms with Crippen LogP contribution in [-0.2, 0) is 0 Å². The SMILES string of the molecule is Cc1ccnc(N(N)N)c1N. The molecule has 0 aliphatic rings. The number of pyridine rings is 1. The standard InChI is InChI=1S/C6H11N5/c1-4-2-3-10-6(5(4)7)11(8)9/h2-3H,7-9H2,1H3. The van der Waals surface area contributed by atoms with Crippen molar-refractivity contribution < 1.29 is 0 Å². The van der Waals surface area contributed by atoms with Crippen LogP contribution in [0.15, 0.2) is 12.3 Å². The summed E-state index contributed by atoms with van der Waals surface area (Å²) in [5.74, 6) is 10.9. The zero-order valence-corrected chi connectivity index (χ0v) is 6.28. The number of hydrogen-bond acceptors (Lipinski definition) is 5. The first kappa shape index (κ1) is 7.77. The summed E-state index contributed by atoms with van der Waals surface area (Å²) in [6, 6.07) is 1.79. The topological polar surface area (TPSA) is 94.2 Å². The van der Waals surface area contributed by atoms with Crippen molar-refractivity contribution in [2.75, 3.05) is 10.9 Å². The van der Waals surface area contributed by atoms with Crippen LogP contribution in [0.2, 0.25) is 0 Å². The molecule has 1 heterocycles. The second-order valence-corrected chi connectivity index (χ2v) is 2.27. The van der Waals surface area contributed by atoms with Gasteiger partial charge in [0.25, 0.3) is 0 Å². The van der Waals surface area contributed by atoms with Gasteiger partial charge in [0.15, 0.2) is 5.82 Å². The first-order valence-electron chi connectivity index (χ1n) is 3.13. The lowest BCUT2D eigenvalue weighted by molar-refractivity contribution is 0.897. The van der Waals surface area contributed by atoms with Crippen LogP contribution in [0.1, 0.15) is 5.56 Å². The first-order chi connectivity index (χ1) is 5.13. The first-order valence-corrected chi connectivity index (χ1v) is 3.13. The van der Waals surface area contributed by atoms with E-state index in [9.17, 15) is 0 Å². The van der Waals surface area contributed by atoms with E-state index in [1.807, 2.05) is 6.92 Å². The maximum Gasteiger partial charge on any atom is 0.181 e. The van der Waals surface area contributed by atoms with Gasteiger partial charge in [0.1, 0.15) is 0 Å². The summed E-state index contributed by atoms with van der Waals surface area (Å²) in [5, 5.41) is 0.905. The second kappa shape index (κ2) is 2.73. The minimum atomic E-state index is 0.394. The van der Waals surface area contributed by atoms with E-state index in [2.05, 4.69) is 4.98 Å². The highest BCUT2D eigenvalue weighted by molar-refractivity contribution is 5.64. The third-order valence-electron chi connectivity index (χ3n) is 1.43. The average Bonchev–Trinajstić information content (AvgIpc) is 1.94. The van der Waals surface area contributed by atoms with Gasteiger partial charge in [-0.3, -0.25) is 0 Å². The Labute approximate surface area is 64.7 Å². The quantitative estimate of drug-likeness (QED) is 0.374. The molecule has 0 unspecified atom stereocenters. The van der Waals surface area contributed by atoms with Gasteiger partial charge in [0, 0.05) is 6.20 Å². The number of aromatic nitrogens is 1. The van der Waals surface area contributed by atoms with E-state index in [0.29, 0.717) is 11.5 Å². The highest BCUT2D eigenvalue weighted by Gasteiger charge is 2.04. The Kier molecular flexibility index (Phi) is 1.93. The van der Waals surface area contributed by atoms with E-state index < -0.39 is 0 Å². The van der Waals surface area contributed by atoms with E-state index in [1.165, 1.54) is 0 Å². The Hall–Kier alpha value is -1.33. The summed E-state index contributed by atoms with van der Waals surface area (Å²) < 4.78 is 0. The van der Waals surface area contributed by atoms with E-state index in [0.717, 1.165) is 10.7 Å². The molecule has 0 saturated carbocycles. The van der Waals surface area contributed by atoms with Crippen molar-refractivity contribution in [2.45, 2.75) is 6.92 Å². The van der Waals surface area contributed by atoms with E-state index >= 15 is 0 Å². The Morgan fingerprint density at radius 2 is 2.09 bits per heavy atom. The molecule has 0 aliphatic carbocycles. The van der Waals surface area contributed by atoms with Crippen molar-refractivity contribution in [3.63, 3.8) is 0 Å². The Morgan fingerprint density at radius 1 is 1.45 bits per heavy atom. The largest absolute Gasteiger partial charge is 0.395 e. The summed E-state index contributed by atoms with van der Waals surface area (Å²) in [7, 11) is 0. The molecule has 0 aromatic carbocycles. The van der Waals surface area contributed by atoms with Crippen molar-refractivity contribution in [3.8, 4) is 0 Å². The summed E-state index contributed by atoms with van der Waals surface area (Å²) in [6.07, 6.45) is 1.60. The van der Waals surface area contributed by atoms with Crippen LogP contribution in [-0.4, -0.2) is 4.98 Å². The summed E-state index contributed by atoms with van der Waals surface area (Å²) >= 11 is 0. The number of aryl methyl sites for hydroxylation is 1. The second-order valence-electron chi connectivity index (χ2n) is 2.27. The molecule has 1 aromatic rings. The molecule has 6 N–H and O–H groups in total. The number of rotatable bonds is 1. The predicted molar refractivity (Wildman–Crippen MR) is 44.2 cm³/mol. The smallest absolute Gasteiger partial charge is 0.181 e. The van der Waals surface area contributed by atoms with Crippen molar-refractivity contribution >= 4 is 11.5 Å². The fourth-order valence-electron chi connectivity index (χ4n) is 0.761. The number of anilines is 2. The van der Waals surface area contributed by atoms with Gasteiger partial charge in [-0.05, 0) is 18.6 Å². The van der Waals surface area contributed by atoms with Crippen LogP contribution < -0.4 is 22.5 Å². The molecule has 5 heteroatoms. The van der Waals surface area contributed by atoms with Gasteiger partial charge in [-0.1, -0.05) is 0 Å². The molecule has 1 aromatic heterocycles. The monoisotopic (exact) mass is 153 g/mol. The lowest BCUT2D eigenvalue weighted by atomic mass is 10.2. The Bertz CT molecular complexity index is 257. The number of nitrogen functional groups attached to an aromatic ring is 1. The molecule has 0 radical (unpaired) electrons. The van der Waals surface area contributed by atoms with Crippen LogP contribution in [0.3, 0.4) is 0 Å². The van der Waals surface area contributed by atoms with Crippen molar-refractivity contribution in [3.05, 3.63) is 17.8 Å². The van der Waals surface area contributed by atoms with Gasteiger partial charge in [0.05, 0.1) is 5.69 Å². The van der Waals surface area contributed by atoms with Gasteiger partial charge in [-0.25, -0.2) is 21.8 Å². The third kappa shape index (κ3) is 1.39. The Balaban J connectivity index is 3.17. The molecule has 0 spiro atoms. The molecule has 0 amide bonds. The molecule has 0 aliphatic heterocycles. The van der Waals surface area contributed by atoms with Gasteiger partial charge >= 0.3 is 0 Å². The minimum absolute atomic E-state index is 0.394. The van der Waals surface area contributed by atoms with Crippen molar-refractivity contribution in [2.24, 2.45) is 11.7 Å². The van der Waals surface area contributed by atoms with E-state index in [1.54, 1.807) is 12.3 Å². The molecule has 1 rings (SSSR count). The van der Waals surface area contributed by atoms with Crippen LogP contribution in [0.25, 0.3) is 0 Å². The van der Waals surface area contributed by atoms with Crippen LogP contribution in [0, 0.1) is 6.92 Å². The van der Waals surface area contributed by atoms with Gasteiger partial charge < -0.3 is 5.73 Å². The number of hydrogen-bond donors (Lipinski definition) is 3. The Morgan fingerprint density at radius 3 is 2.55 bits per heavy atom. The molecule has 0 atom stereocenters. The summed E-state index contributed by atoms with van der Waals surface area (Å²) in [6.45, 7) is 1.87. The number of hydrazine groups is 2. The molecular formula is C6H11N5. The maximum atomic E-state index is 5.62. The molecule has 0 bridgehead atoms. The maximum absolute atomic E-state index is 5.62. The van der Waals surface area contributed by atoms with E-state index in [-0.39, 0.29) is 0 Å². The predicted octanol–water partition coefficient (Wildman–Crippen LogP) is -0.474. The number of nitrogens with two attached hydrogens (primary N) is 3. The normalized spacial score (nSPS) is 9.73. The molecule has 11 heavy (non-hydrogen) atoms. The third-order valence-corrected chi connectivity index (χ3v) is 1.43. The lowest BCUT2D eigenvalue weighted by Gasteiger charge is -2.13. The highest BCUT2D eigenvalue weighted by atomic mass is 15.6. The zero-order chi connectivity index (χ0) is 8.43. The summed E-state index contributed by atoms with van der Waals surface area (Å²) in [5.41, 5.74) is 7.04. The van der Waals surface area contributed by atoms with Gasteiger partial charge in [-0.2, -0.15) is 0 Å². The van der Waals surface area contributed by atoms with E-state index in [4.69, 9.17) is 17.4 Å². The molecule has 5 nitrogen and oxygen atoms in total. The van der Waals surface area contributed by atoms with Crippen LogP contribution in [0.5, 0.6) is 0 Å². The summed E-state index contributed by atoms with van der Waals surface area (Å²) in [4.78, 5) is 3.89. The number of nitrogens with zero attached hydrogens (tertiary/aromatic N) is 2. The van der Waals surface area contributed by atoms with Gasteiger partial charge in [0.2, 0.25) is 0 Å². The molecule has 60 valence electrons. The lowest BCUT2D eigenvalue weighted by Crippen LogP contribution is -2.39. The van der Waals surface area contributed by atoms with Crippen LogP contribution in [0.4, 0.5) is 11.5 Å². The molecule has 0 saturated heterocycles. The molecule has 0 fully saturated rings. The van der Waals surface area contributed by atoms with Crippen molar-refractivity contribution in [1.82, 2.24) is 4.98 Å². The zero-order valence-electron chi connectivity index (χ0n) is 6.28. The van der Waals surface area contributed by atoms with Crippen LogP contribution >= 0.6 is 0 Å².